The maximum atomic E-state index is 12.5. The maximum absolute atomic E-state index is 12.5. The number of carbonyl (C=O) groups excluding carboxylic acids is 2. The highest BCUT2D eigenvalue weighted by atomic mass is 32.2. The molecule has 0 bridgehead atoms. The predicted octanol–water partition coefficient (Wildman–Crippen LogP) is 3.91. The summed E-state index contributed by atoms with van der Waals surface area (Å²) in [7, 11) is -2.33. The largest absolute Gasteiger partial charge is 0.495 e. The summed E-state index contributed by atoms with van der Waals surface area (Å²) in [5, 5.41) is 2.64. The van der Waals surface area contributed by atoms with Gasteiger partial charge in [0, 0.05) is 5.69 Å². The molecule has 3 rings (SSSR count). The van der Waals surface area contributed by atoms with Crippen molar-refractivity contribution < 1.29 is 27.5 Å². The minimum atomic E-state index is -3.82. The van der Waals surface area contributed by atoms with Crippen molar-refractivity contribution in [3.63, 3.8) is 0 Å². The lowest BCUT2D eigenvalue weighted by atomic mass is 10.2. The summed E-state index contributed by atoms with van der Waals surface area (Å²) in [6.45, 7) is 3.26. The number of benzene rings is 3. The van der Waals surface area contributed by atoms with Crippen molar-refractivity contribution in [1.82, 2.24) is 0 Å². The van der Waals surface area contributed by atoms with Crippen LogP contribution in [0.15, 0.2) is 71.6 Å². The quantitative estimate of drug-likeness (QED) is 0.485. The maximum Gasteiger partial charge on any atom is 0.338 e. The Balaban J connectivity index is 1.59. The third-order valence-electron chi connectivity index (χ3n) is 4.67. The van der Waals surface area contributed by atoms with E-state index in [1.54, 1.807) is 36.4 Å². The molecule has 0 fully saturated rings. The van der Waals surface area contributed by atoms with E-state index in [9.17, 15) is 18.0 Å². The van der Waals surface area contributed by atoms with Crippen LogP contribution < -0.4 is 14.8 Å². The van der Waals surface area contributed by atoms with Gasteiger partial charge in [0.05, 0.1) is 23.3 Å². The summed E-state index contributed by atoms with van der Waals surface area (Å²) < 4.78 is 37.8. The highest BCUT2D eigenvalue weighted by Crippen LogP contribution is 2.25. The minimum absolute atomic E-state index is 0.0103. The second-order valence-electron chi connectivity index (χ2n) is 7.32. The number of nitrogens with one attached hydrogen (secondary N) is 2. The van der Waals surface area contributed by atoms with Crippen molar-refractivity contribution in [2.24, 2.45) is 0 Å². The number of hydrogen-bond acceptors (Lipinski definition) is 6. The van der Waals surface area contributed by atoms with E-state index in [-0.39, 0.29) is 10.5 Å². The number of aryl methyl sites for hydroxylation is 2. The van der Waals surface area contributed by atoms with Crippen molar-refractivity contribution in [2.75, 3.05) is 23.8 Å². The number of amides is 1. The van der Waals surface area contributed by atoms with E-state index in [0.717, 1.165) is 11.1 Å². The molecule has 2 N–H and O–H groups in total. The van der Waals surface area contributed by atoms with Gasteiger partial charge < -0.3 is 14.8 Å². The van der Waals surface area contributed by atoms with Gasteiger partial charge >= 0.3 is 5.97 Å². The van der Waals surface area contributed by atoms with Gasteiger partial charge in [0.2, 0.25) is 0 Å². The number of anilines is 2. The monoisotopic (exact) mass is 468 g/mol. The molecular weight excluding hydrogens is 444 g/mol. The lowest BCUT2D eigenvalue weighted by Gasteiger charge is -2.11. The molecule has 0 aliphatic carbocycles. The summed E-state index contributed by atoms with van der Waals surface area (Å²) in [6, 6.07) is 17.5. The molecule has 9 heteroatoms. The Bertz CT molecular complexity index is 1250. The first-order chi connectivity index (χ1) is 15.7. The van der Waals surface area contributed by atoms with Gasteiger partial charge in [-0.2, -0.15) is 0 Å². The first-order valence-electron chi connectivity index (χ1n) is 9.99. The number of rotatable bonds is 8. The van der Waals surface area contributed by atoms with Crippen molar-refractivity contribution >= 4 is 33.3 Å². The van der Waals surface area contributed by atoms with Gasteiger partial charge in [-0.1, -0.05) is 23.8 Å². The average molecular weight is 469 g/mol. The summed E-state index contributed by atoms with van der Waals surface area (Å²) in [4.78, 5) is 24.4. The Morgan fingerprint density at radius 3 is 2.15 bits per heavy atom. The van der Waals surface area contributed by atoms with E-state index in [1.807, 2.05) is 19.9 Å². The lowest BCUT2D eigenvalue weighted by Crippen LogP contribution is -2.21. The topological polar surface area (TPSA) is 111 Å². The zero-order chi connectivity index (χ0) is 24.0. The Morgan fingerprint density at radius 2 is 1.52 bits per heavy atom. The zero-order valence-corrected chi connectivity index (χ0v) is 19.2. The van der Waals surface area contributed by atoms with Crippen LogP contribution in [-0.2, 0) is 19.6 Å². The van der Waals surface area contributed by atoms with Gasteiger partial charge in [-0.3, -0.25) is 9.52 Å². The molecule has 0 unspecified atom stereocenters. The smallest absolute Gasteiger partial charge is 0.338 e. The highest BCUT2D eigenvalue weighted by Gasteiger charge is 2.17. The molecule has 33 heavy (non-hydrogen) atoms. The van der Waals surface area contributed by atoms with Crippen molar-refractivity contribution in [1.29, 1.82) is 0 Å². The Morgan fingerprint density at radius 1 is 0.879 bits per heavy atom. The lowest BCUT2D eigenvalue weighted by molar-refractivity contribution is -0.119. The van der Waals surface area contributed by atoms with E-state index in [1.165, 1.54) is 31.4 Å². The molecule has 0 aromatic heterocycles. The molecule has 0 saturated heterocycles. The summed E-state index contributed by atoms with van der Waals surface area (Å²) in [6.07, 6.45) is 0. The Labute approximate surface area is 192 Å². The second-order valence-corrected chi connectivity index (χ2v) is 9.01. The minimum Gasteiger partial charge on any atom is -0.495 e. The molecule has 0 spiro atoms. The van der Waals surface area contributed by atoms with Gasteiger partial charge in [0.15, 0.2) is 6.61 Å². The van der Waals surface area contributed by atoms with Crippen LogP contribution in [0.3, 0.4) is 0 Å². The van der Waals surface area contributed by atoms with E-state index < -0.39 is 28.5 Å². The molecule has 0 heterocycles. The number of carbonyl (C=O) groups is 2. The summed E-state index contributed by atoms with van der Waals surface area (Å²) in [5.74, 6) is -0.804. The van der Waals surface area contributed by atoms with Gasteiger partial charge in [-0.25, -0.2) is 13.2 Å². The second kappa shape index (κ2) is 10.2. The molecule has 3 aromatic carbocycles. The van der Waals surface area contributed by atoms with Crippen LogP contribution in [0.5, 0.6) is 5.75 Å². The molecule has 8 nitrogen and oxygen atoms in total. The third kappa shape index (κ3) is 6.33. The molecule has 0 radical (unpaired) electrons. The molecule has 172 valence electrons. The van der Waals surface area contributed by atoms with Crippen molar-refractivity contribution in [2.45, 2.75) is 18.7 Å². The van der Waals surface area contributed by atoms with E-state index in [4.69, 9.17) is 9.47 Å². The molecule has 0 saturated carbocycles. The fourth-order valence-electron chi connectivity index (χ4n) is 2.93. The number of methoxy groups -OCH3 is 1. The van der Waals surface area contributed by atoms with Crippen LogP contribution in [0, 0.1) is 13.8 Å². The molecular formula is C24H24N2O6S. The van der Waals surface area contributed by atoms with E-state index in [0.29, 0.717) is 17.1 Å². The number of sulfonamides is 1. The van der Waals surface area contributed by atoms with Crippen LogP contribution >= 0.6 is 0 Å². The van der Waals surface area contributed by atoms with Gasteiger partial charge in [-0.05, 0) is 67.9 Å². The molecule has 0 aliphatic heterocycles. The number of esters is 1. The Kier molecular flexibility index (Phi) is 7.34. The first kappa shape index (κ1) is 23.8. The van der Waals surface area contributed by atoms with Gasteiger partial charge in [-0.15, -0.1) is 0 Å². The average Bonchev–Trinajstić information content (AvgIpc) is 2.79. The molecule has 0 atom stereocenters. The normalized spacial score (nSPS) is 10.9. The highest BCUT2D eigenvalue weighted by molar-refractivity contribution is 7.92. The van der Waals surface area contributed by atoms with Crippen LogP contribution in [-0.4, -0.2) is 34.0 Å². The number of hydrogen-bond donors (Lipinski definition) is 2. The fraction of sp³-hybridized carbons (Fsp3) is 0.167. The van der Waals surface area contributed by atoms with Crippen molar-refractivity contribution in [3.8, 4) is 5.75 Å². The molecule has 0 aliphatic rings. The SMILES string of the molecule is COc1ccc(C)cc1NC(=O)COC(=O)c1ccc(S(=O)(=O)Nc2ccc(C)cc2)cc1. The number of ether oxygens (including phenoxy) is 2. The van der Waals surface area contributed by atoms with Crippen molar-refractivity contribution in [3.05, 3.63) is 83.4 Å². The summed E-state index contributed by atoms with van der Waals surface area (Å²) >= 11 is 0. The molecule has 1 amide bonds. The van der Waals surface area contributed by atoms with Crippen LogP contribution in [0.1, 0.15) is 21.5 Å². The predicted molar refractivity (Wildman–Crippen MR) is 125 cm³/mol. The van der Waals surface area contributed by atoms with Gasteiger partial charge in [0.1, 0.15) is 5.75 Å². The van der Waals surface area contributed by atoms with Crippen LogP contribution in [0.25, 0.3) is 0 Å². The van der Waals surface area contributed by atoms with E-state index >= 15 is 0 Å². The summed E-state index contributed by atoms with van der Waals surface area (Å²) in [5.41, 5.74) is 2.95. The van der Waals surface area contributed by atoms with E-state index in [2.05, 4.69) is 10.0 Å². The van der Waals surface area contributed by atoms with Gasteiger partial charge in [0.25, 0.3) is 15.9 Å². The first-order valence-corrected chi connectivity index (χ1v) is 11.5. The standard InChI is InChI=1S/C24H24N2O6S/c1-16-4-9-19(10-5-16)26-33(29,30)20-11-7-18(8-12-20)24(28)32-15-23(27)25-21-14-17(2)6-13-22(21)31-3/h4-14,26H,15H2,1-3H3,(H,25,27). The zero-order valence-electron chi connectivity index (χ0n) is 18.4. The fourth-order valence-corrected chi connectivity index (χ4v) is 3.98. The third-order valence-corrected chi connectivity index (χ3v) is 6.06. The Hall–Kier alpha value is -3.85. The molecule has 3 aromatic rings. The van der Waals surface area contributed by atoms with Crippen LogP contribution in [0.4, 0.5) is 11.4 Å². The van der Waals surface area contributed by atoms with Crippen LogP contribution in [0.2, 0.25) is 0 Å².